The Labute approximate surface area is 313 Å². The van der Waals surface area contributed by atoms with Crippen molar-refractivity contribution in [2.24, 2.45) is 17.8 Å². The predicted octanol–water partition coefficient (Wildman–Crippen LogP) is 9.47. The zero-order valence-corrected chi connectivity index (χ0v) is 30.3. The molecule has 2 amide bonds. The number of carboxylic acids is 1. The van der Waals surface area contributed by atoms with E-state index in [1.165, 1.54) is 85.4 Å². The number of allylic oxidation sites excluding steroid dienone is 2. The molecule has 1 saturated carbocycles. The van der Waals surface area contributed by atoms with Gasteiger partial charge < -0.3 is 15.3 Å². The minimum atomic E-state index is -4.52. The third-order valence-electron chi connectivity index (χ3n) is 10.8. The van der Waals surface area contributed by atoms with Gasteiger partial charge in [-0.05, 0) is 96.9 Å². The van der Waals surface area contributed by atoms with Gasteiger partial charge in [-0.1, -0.05) is 74.7 Å². The lowest BCUT2D eigenvalue weighted by atomic mass is 9.71. The molecule has 0 saturated heterocycles. The zero-order valence-electron chi connectivity index (χ0n) is 30.3. The molecule has 1 unspecified atom stereocenters. The number of carbonyl (C=O) groups is 3. The highest BCUT2D eigenvalue weighted by Gasteiger charge is 2.31. The van der Waals surface area contributed by atoms with Crippen molar-refractivity contribution in [2.75, 3.05) is 11.9 Å². The van der Waals surface area contributed by atoms with Gasteiger partial charge in [0.15, 0.2) is 5.82 Å². The molecular formula is C43H45F3N4O4. The first kappa shape index (κ1) is 38.4. The number of aromatic nitrogens is 2. The predicted molar refractivity (Wildman–Crippen MR) is 201 cm³/mol. The van der Waals surface area contributed by atoms with Crippen molar-refractivity contribution in [3.05, 3.63) is 119 Å². The molecule has 282 valence electrons. The second kappa shape index (κ2) is 17.2. The van der Waals surface area contributed by atoms with Crippen molar-refractivity contribution in [2.45, 2.75) is 77.4 Å². The SMILES string of the molecule is CCC1CCC(C2CC=C(c3cnc(-c4ccc(CN(CC(=O)O)C(=O)c5ccc(NC(=O)Cc6cccc(C(F)(F)F)c6)cc5)cc4)nc3)CC2)CC1. The van der Waals surface area contributed by atoms with Crippen LogP contribution in [-0.2, 0) is 28.7 Å². The van der Waals surface area contributed by atoms with Gasteiger partial charge in [-0.25, -0.2) is 9.97 Å². The normalized spacial score (nSPS) is 18.7. The summed E-state index contributed by atoms with van der Waals surface area (Å²) >= 11 is 0. The Hall–Kier alpha value is -5.32. The van der Waals surface area contributed by atoms with E-state index in [4.69, 9.17) is 0 Å². The highest BCUT2D eigenvalue weighted by atomic mass is 19.4. The fourth-order valence-corrected chi connectivity index (χ4v) is 7.72. The lowest BCUT2D eigenvalue weighted by Crippen LogP contribution is -2.35. The van der Waals surface area contributed by atoms with E-state index >= 15 is 0 Å². The molecule has 0 bridgehead atoms. The largest absolute Gasteiger partial charge is 0.480 e. The first-order valence-corrected chi connectivity index (χ1v) is 18.6. The van der Waals surface area contributed by atoms with Crippen LogP contribution in [0.5, 0.6) is 0 Å². The van der Waals surface area contributed by atoms with E-state index in [0.29, 0.717) is 17.1 Å². The minimum Gasteiger partial charge on any atom is -0.480 e. The van der Waals surface area contributed by atoms with E-state index in [9.17, 15) is 32.7 Å². The Kier molecular flexibility index (Phi) is 12.2. The van der Waals surface area contributed by atoms with Crippen LogP contribution < -0.4 is 5.32 Å². The number of carboxylic acid groups (broad SMARTS) is 1. The molecular weight excluding hydrogens is 693 g/mol. The van der Waals surface area contributed by atoms with Gasteiger partial charge in [0.1, 0.15) is 6.54 Å². The molecule has 1 aromatic heterocycles. The lowest BCUT2D eigenvalue weighted by Gasteiger charge is -2.35. The van der Waals surface area contributed by atoms with Crippen LogP contribution >= 0.6 is 0 Å². The zero-order chi connectivity index (χ0) is 38.2. The fraction of sp³-hybridized carbons (Fsp3) is 0.372. The average Bonchev–Trinajstić information content (AvgIpc) is 3.18. The van der Waals surface area contributed by atoms with Crippen molar-refractivity contribution in [1.29, 1.82) is 0 Å². The highest BCUT2D eigenvalue weighted by molar-refractivity contribution is 5.97. The quantitative estimate of drug-likeness (QED) is 0.150. The number of benzene rings is 3. The van der Waals surface area contributed by atoms with Gasteiger partial charge in [0, 0.05) is 41.3 Å². The minimum absolute atomic E-state index is 0.0376. The van der Waals surface area contributed by atoms with Crippen LogP contribution in [0.3, 0.4) is 0 Å². The van der Waals surface area contributed by atoms with E-state index < -0.39 is 36.1 Å². The number of rotatable bonds is 12. The Morgan fingerprint density at radius 1 is 0.852 bits per heavy atom. The summed E-state index contributed by atoms with van der Waals surface area (Å²) in [4.78, 5) is 48.1. The molecule has 2 aliphatic rings. The molecule has 11 heteroatoms. The molecule has 2 N–H and O–H groups in total. The molecule has 1 fully saturated rings. The average molecular weight is 739 g/mol. The monoisotopic (exact) mass is 738 g/mol. The molecule has 0 spiro atoms. The summed E-state index contributed by atoms with van der Waals surface area (Å²) in [5.41, 5.74) is 3.79. The molecule has 3 aromatic carbocycles. The highest BCUT2D eigenvalue weighted by Crippen LogP contribution is 2.41. The number of aliphatic carboxylic acids is 1. The van der Waals surface area contributed by atoms with E-state index in [1.54, 1.807) is 0 Å². The molecule has 4 aromatic rings. The molecule has 0 radical (unpaired) electrons. The van der Waals surface area contributed by atoms with Crippen LogP contribution in [0.2, 0.25) is 0 Å². The number of alkyl halides is 3. The lowest BCUT2D eigenvalue weighted by molar-refractivity contribution is -0.138. The van der Waals surface area contributed by atoms with E-state index in [-0.39, 0.29) is 24.1 Å². The van der Waals surface area contributed by atoms with Crippen molar-refractivity contribution in [3.8, 4) is 11.4 Å². The van der Waals surface area contributed by atoms with Gasteiger partial charge in [-0.15, -0.1) is 0 Å². The van der Waals surface area contributed by atoms with Crippen LogP contribution in [-0.4, -0.2) is 44.3 Å². The molecule has 8 nitrogen and oxygen atoms in total. The topological polar surface area (TPSA) is 112 Å². The standard InChI is InChI=1S/C43H45F3N4O4/c1-2-28-6-10-31(11-7-28)32-14-16-33(17-15-32)36-24-47-41(48-25-36)34-12-8-29(9-13-34)26-50(27-40(52)53)42(54)35-18-20-38(21-19-35)49-39(51)23-30-4-3-5-37(22-30)43(44,45)46/h3-5,8-9,12-13,16,18-22,24-25,28,31-32H,2,6-7,10-11,14-15,17,23,26-27H2,1H3,(H,49,51)(H,52,53). The Balaban J connectivity index is 1.03. The van der Waals surface area contributed by atoms with Gasteiger partial charge >= 0.3 is 12.1 Å². The van der Waals surface area contributed by atoms with Crippen molar-refractivity contribution in [3.63, 3.8) is 0 Å². The van der Waals surface area contributed by atoms with Crippen molar-refractivity contribution >= 4 is 29.0 Å². The van der Waals surface area contributed by atoms with E-state index in [0.717, 1.165) is 53.9 Å². The summed E-state index contributed by atoms with van der Waals surface area (Å²) in [6, 6.07) is 17.8. The third kappa shape index (κ3) is 10.0. The number of halogens is 3. The first-order chi connectivity index (χ1) is 25.9. The maximum atomic E-state index is 13.4. The number of hydrogen-bond donors (Lipinski definition) is 2. The van der Waals surface area contributed by atoms with Gasteiger partial charge in [-0.3, -0.25) is 14.4 Å². The fourth-order valence-electron chi connectivity index (χ4n) is 7.72. The van der Waals surface area contributed by atoms with Gasteiger partial charge in [0.2, 0.25) is 5.91 Å². The number of nitrogens with one attached hydrogen (secondary N) is 1. The van der Waals surface area contributed by atoms with Crippen LogP contribution in [0.4, 0.5) is 18.9 Å². The summed E-state index contributed by atoms with van der Waals surface area (Å²) in [7, 11) is 0. The first-order valence-electron chi connectivity index (χ1n) is 18.6. The molecule has 1 atom stereocenters. The van der Waals surface area contributed by atoms with Gasteiger partial charge in [-0.2, -0.15) is 13.2 Å². The van der Waals surface area contributed by atoms with Gasteiger partial charge in [0.25, 0.3) is 5.91 Å². The van der Waals surface area contributed by atoms with E-state index in [2.05, 4.69) is 28.3 Å². The third-order valence-corrected chi connectivity index (χ3v) is 10.8. The second-order valence-corrected chi connectivity index (χ2v) is 14.5. The van der Waals surface area contributed by atoms with E-state index in [1.807, 2.05) is 36.7 Å². The molecule has 0 aliphatic heterocycles. The number of hydrogen-bond acceptors (Lipinski definition) is 5. The Bertz CT molecular complexity index is 1950. The van der Waals surface area contributed by atoms with Crippen molar-refractivity contribution in [1.82, 2.24) is 14.9 Å². The summed E-state index contributed by atoms with van der Waals surface area (Å²) in [5, 5.41) is 12.2. The molecule has 2 aliphatic carbocycles. The van der Waals surface area contributed by atoms with Crippen molar-refractivity contribution < 1.29 is 32.7 Å². The molecule has 6 rings (SSSR count). The summed E-state index contributed by atoms with van der Waals surface area (Å²) in [5.74, 6) is 0.910. The number of amides is 2. The molecule has 1 heterocycles. The van der Waals surface area contributed by atoms with Crippen LogP contribution in [0.25, 0.3) is 17.0 Å². The number of carbonyl (C=O) groups excluding carboxylic acids is 2. The molecule has 54 heavy (non-hydrogen) atoms. The summed E-state index contributed by atoms with van der Waals surface area (Å²) in [6.45, 7) is 1.82. The van der Waals surface area contributed by atoms with Crippen LogP contribution in [0.15, 0.2) is 91.3 Å². The van der Waals surface area contributed by atoms with Crippen LogP contribution in [0, 0.1) is 17.8 Å². The van der Waals surface area contributed by atoms with Gasteiger partial charge in [0.05, 0.1) is 12.0 Å². The number of nitrogens with zero attached hydrogens (tertiary/aromatic N) is 3. The maximum Gasteiger partial charge on any atom is 0.416 e. The Morgan fingerprint density at radius 2 is 1.56 bits per heavy atom. The number of anilines is 1. The van der Waals surface area contributed by atoms with Crippen LogP contribution in [0.1, 0.15) is 90.9 Å². The summed E-state index contributed by atoms with van der Waals surface area (Å²) in [6.07, 6.45) is 11.6. The maximum absolute atomic E-state index is 13.4. The smallest absolute Gasteiger partial charge is 0.416 e. The Morgan fingerprint density at radius 3 is 2.17 bits per heavy atom. The summed E-state index contributed by atoms with van der Waals surface area (Å²) < 4.78 is 39.1. The second-order valence-electron chi connectivity index (χ2n) is 14.5.